The van der Waals surface area contributed by atoms with Crippen LogP contribution in [0.15, 0.2) is 40.7 Å². The Labute approximate surface area is 145 Å². The number of aromatic nitrogens is 2. The molecule has 6 nitrogen and oxygen atoms in total. The third kappa shape index (κ3) is 2.63. The van der Waals surface area contributed by atoms with Crippen molar-refractivity contribution in [3.63, 3.8) is 0 Å². The summed E-state index contributed by atoms with van der Waals surface area (Å²) in [6.45, 7) is 0. The van der Waals surface area contributed by atoms with Crippen LogP contribution in [0.3, 0.4) is 0 Å². The Hall–Kier alpha value is -2.45. The Bertz CT molecular complexity index is 983. The average molecular weight is 356 g/mol. The number of pyridine rings is 1. The number of primary amides is 1. The van der Waals surface area contributed by atoms with Gasteiger partial charge in [0.2, 0.25) is 5.91 Å². The molecular formula is C16H12N4O2S2. The molecule has 4 rings (SSSR count). The van der Waals surface area contributed by atoms with Crippen LogP contribution >= 0.6 is 23.1 Å². The van der Waals surface area contributed by atoms with Crippen LogP contribution in [0.5, 0.6) is 5.75 Å². The van der Waals surface area contributed by atoms with Crippen molar-refractivity contribution in [2.45, 2.75) is 6.04 Å². The molecule has 0 radical (unpaired) electrons. The van der Waals surface area contributed by atoms with Crippen molar-refractivity contribution in [1.82, 2.24) is 9.97 Å². The van der Waals surface area contributed by atoms with E-state index in [1.807, 2.05) is 29.6 Å². The lowest BCUT2D eigenvalue weighted by Gasteiger charge is -2.03. The third-order valence-electron chi connectivity index (χ3n) is 3.61. The number of rotatable bonds is 3. The van der Waals surface area contributed by atoms with Gasteiger partial charge in [0, 0.05) is 16.5 Å². The zero-order chi connectivity index (χ0) is 16.7. The van der Waals surface area contributed by atoms with Crippen molar-refractivity contribution in [3.05, 3.63) is 41.4 Å². The highest BCUT2D eigenvalue weighted by Gasteiger charge is 2.25. The van der Waals surface area contributed by atoms with E-state index in [0.717, 1.165) is 10.9 Å². The molecule has 1 aliphatic heterocycles. The summed E-state index contributed by atoms with van der Waals surface area (Å²) in [6.07, 6.45) is 0. The molecule has 0 unspecified atom stereocenters. The smallest absolute Gasteiger partial charge is 0.243 e. The molecule has 24 heavy (non-hydrogen) atoms. The number of carbonyl (C=O) groups is 1. The average Bonchev–Trinajstić information content (AvgIpc) is 3.23. The van der Waals surface area contributed by atoms with Crippen LogP contribution < -0.4 is 5.73 Å². The van der Waals surface area contributed by atoms with E-state index < -0.39 is 11.9 Å². The molecule has 0 aliphatic carbocycles. The normalized spacial score (nSPS) is 17.2. The molecule has 1 aromatic carbocycles. The number of amides is 1. The first-order chi connectivity index (χ1) is 11.6. The standard InChI is InChI=1S/C16H12N4O2S2/c17-14(22)10-6-23-15(19-10)11-7-24-16(20-11)13-12(21)5-8-3-1-2-4-9(8)18-13/h1-5,7,10,21H,6H2,(H2,17,22)/t10-/m0/s1. The lowest BCUT2D eigenvalue weighted by Crippen LogP contribution is -2.26. The van der Waals surface area contributed by atoms with E-state index in [1.165, 1.54) is 23.1 Å². The molecule has 0 spiro atoms. The zero-order valence-electron chi connectivity index (χ0n) is 12.3. The number of hydrogen-bond donors (Lipinski definition) is 2. The monoisotopic (exact) mass is 356 g/mol. The maximum atomic E-state index is 11.2. The number of carbonyl (C=O) groups excluding carboxylic acids is 1. The second kappa shape index (κ2) is 5.88. The van der Waals surface area contributed by atoms with Gasteiger partial charge in [0.05, 0.1) is 5.52 Å². The minimum Gasteiger partial charge on any atom is -0.506 e. The molecule has 1 atom stereocenters. The molecule has 0 saturated carbocycles. The fourth-order valence-electron chi connectivity index (χ4n) is 2.40. The van der Waals surface area contributed by atoms with Crippen LogP contribution in [0.2, 0.25) is 0 Å². The minimum atomic E-state index is -0.498. The van der Waals surface area contributed by atoms with Gasteiger partial charge in [0.15, 0.2) is 0 Å². The van der Waals surface area contributed by atoms with Gasteiger partial charge < -0.3 is 10.8 Å². The number of para-hydroxylation sites is 1. The summed E-state index contributed by atoms with van der Waals surface area (Å²) in [5.74, 6) is 0.198. The Morgan fingerprint density at radius 1 is 1.29 bits per heavy atom. The summed E-state index contributed by atoms with van der Waals surface area (Å²) in [5.41, 5.74) is 7.20. The predicted octanol–water partition coefficient (Wildman–Crippen LogP) is 2.41. The van der Waals surface area contributed by atoms with E-state index in [1.54, 1.807) is 6.07 Å². The summed E-state index contributed by atoms with van der Waals surface area (Å²) in [6, 6.07) is 8.77. The predicted molar refractivity (Wildman–Crippen MR) is 96.5 cm³/mol. The van der Waals surface area contributed by atoms with Crippen molar-refractivity contribution in [2.24, 2.45) is 10.7 Å². The quantitative estimate of drug-likeness (QED) is 0.750. The third-order valence-corrected chi connectivity index (χ3v) is 5.53. The summed E-state index contributed by atoms with van der Waals surface area (Å²) in [5, 5.41) is 14.3. The Morgan fingerprint density at radius 2 is 2.12 bits per heavy atom. The number of thioether (sulfide) groups is 1. The Kier molecular flexibility index (Phi) is 3.70. The second-order valence-electron chi connectivity index (χ2n) is 5.25. The van der Waals surface area contributed by atoms with E-state index in [9.17, 15) is 9.90 Å². The number of nitrogens with two attached hydrogens (primary N) is 1. The number of benzene rings is 1. The van der Waals surface area contributed by atoms with Crippen molar-refractivity contribution >= 4 is 45.0 Å². The molecule has 2 aromatic heterocycles. The highest BCUT2D eigenvalue weighted by atomic mass is 32.2. The molecule has 0 bridgehead atoms. The molecule has 120 valence electrons. The van der Waals surface area contributed by atoms with Crippen LogP contribution in [0, 0.1) is 0 Å². The van der Waals surface area contributed by atoms with Gasteiger partial charge in [-0.25, -0.2) is 9.97 Å². The molecule has 0 saturated heterocycles. The molecule has 1 aliphatic rings. The minimum absolute atomic E-state index is 0.0885. The molecule has 0 fully saturated rings. The molecular weight excluding hydrogens is 344 g/mol. The van der Waals surface area contributed by atoms with Gasteiger partial charge in [-0.05, 0) is 12.1 Å². The fraction of sp³-hybridized carbons (Fsp3) is 0.125. The largest absolute Gasteiger partial charge is 0.506 e. The number of hydrogen-bond acceptors (Lipinski definition) is 7. The molecule has 3 aromatic rings. The lowest BCUT2D eigenvalue weighted by molar-refractivity contribution is -0.118. The van der Waals surface area contributed by atoms with Crippen molar-refractivity contribution in [2.75, 3.05) is 5.75 Å². The topological polar surface area (TPSA) is 101 Å². The Morgan fingerprint density at radius 3 is 2.92 bits per heavy atom. The van der Waals surface area contributed by atoms with Gasteiger partial charge in [0.1, 0.15) is 33.2 Å². The van der Waals surface area contributed by atoms with Crippen LogP contribution in [-0.2, 0) is 4.79 Å². The fourth-order valence-corrected chi connectivity index (χ4v) is 4.29. The maximum Gasteiger partial charge on any atom is 0.243 e. The van der Waals surface area contributed by atoms with Crippen molar-refractivity contribution < 1.29 is 9.90 Å². The second-order valence-corrected chi connectivity index (χ2v) is 7.12. The van der Waals surface area contributed by atoms with E-state index >= 15 is 0 Å². The van der Waals surface area contributed by atoms with Gasteiger partial charge >= 0.3 is 0 Å². The zero-order valence-corrected chi connectivity index (χ0v) is 14.0. The number of thiazole rings is 1. The van der Waals surface area contributed by atoms with Gasteiger partial charge in [0.25, 0.3) is 0 Å². The number of aromatic hydroxyl groups is 1. The van der Waals surface area contributed by atoms with E-state index in [4.69, 9.17) is 5.73 Å². The van der Waals surface area contributed by atoms with Gasteiger partial charge in [-0.1, -0.05) is 18.2 Å². The van der Waals surface area contributed by atoms with E-state index in [0.29, 0.717) is 27.2 Å². The van der Waals surface area contributed by atoms with Gasteiger partial charge in [-0.3, -0.25) is 9.79 Å². The van der Waals surface area contributed by atoms with Crippen LogP contribution in [0.25, 0.3) is 21.6 Å². The highest BCUT2D eigenvalue weighted by molar-refractivity contribution is 8.14. The summed E-state index contributed by atoms with van der Waals surface area (Å²) < 4.78 is 0. The maximum absolute atomic E-state index is 11.2. The summed E-state index contributed by atoms with van der Waals surface area (Å²) in [7, 11) is 0. The lowest BCUT2D eigenvalue weighted by atomic mass is 10.2. The SMILES string of the molecule is NC(=O)[C@@H]1CSC(c2csc(-c3nc4ccccc4cc3O)n2)=N1. The first kappa shape index (κ1) is 15.1. The summed E-state index contributed by atoms with van der Waals surface area (Å²) in [4.78, 5) is 24.5. The number of aliphatic imine (C=N–C) groups is 1. The van der Waals surface area contributed by atoms with Crippen LogP contribution in [0.1, 0.15) is 5.69 Å². The molecule has 3 heterocycles. The molecule has 1 amide bonds. The molecule has 8 heteroatoms. The first-order valence-corrected chi connectivity index (χ1v) is 9.03. The highest BCUT2D eigenvalue weighted by Crippen LogP contribution is 2.34. The molecule has 3 N–H and O–H groups in total. The van der Waals surface area contributed by atoms with Crippen molar-refractivity contribution in [3.8, 4) is 16.5 Å². The van der Waals surface area contributed by atoms with E-state index in [2.05, 4.69) is 15.0 Å². The van der Waals surface area contributed by atoms with Crippen LogP contribution in [-0.4, -0.2) is 37.8 Å². The first-order valence-electron chi connectivity index (χ1n) is 7.17. The van der Waals surface area contributed by atoms with Crippen molar-refractivity contribution in [1.29, 1.82) is 0 Å². The number of fused-ring (bicyclic) bond motifs is 1. The Balaban J connectivity index is 1.72. The van der Waals surface area contributed by atoms with E-state index in [-0.39, 0.29) is 5.75 Å². The van der Waals surface area contributed by atoms with Crippen LogP contribution in [0.4, 0.5) is 0 Å². The van der Waals surface area contributed by atoms with Gasteiger partial charge in [-0.2, -0.15) is 0 Å². The number of nitrogens with zero attached hydrogens (tertiary/aromatic N) is 3. The summed E-state index contributed by atoms with van der Waals surface area (Å²) >= 11 is 2.84. The van der Waals surface area contributed by atoms with Gasteiger partial charge in [-0.15, -0.1) is 23.1 Å².